The van der Waals surface area contributed by atoms with Crippen molar-refractivity contribution in [3.63, 3.8) is 0 Å². The van der Waals surface area contributed by atoms with Crippen molar-refractivity contribution in [2.75, 3.05) is 0 Å². The lowest BCUT2D eigenvalue weighted by Crippen LogP contribution is -1.90. The highest BCUT2D eigenvalue weighted by Gasteiger charge is 2.19. The van der Waals surface area contributed by atoms with Crippen LogP contribution in [0.15, 0.2) is 191 Å². The molecular weight excluding hydrogens is 645 g/mol. The molecule has 0 N–H and O–H groups in total. The van der Waals surface area contributed by atoms with E-state index in [1.165, 1.54) is 54.9 Å². The summed E-state index contributed by atoms with van der Waals surface area (Å²) in [5, 5.41) is 9.27. The molecule has 10 rings (SSSR count). The number of furan rings is 2. The van der Waals surface area contributed by atoms with Crippen LogP contribution in [-0.2, 0) is 0 Å². The molecular formula is C51H40O2. The van der Waals surface area contributed by atoms with E-state index < -0.39 is 0 Å². The number of hydrogen-bond acceptors (Lipinski definition) is 2. The van der Waals surface area contributed by atoms with Crippen molar-refractivity contribution in [1.82, 2.24) is 0 Å². The van der Waals surface area contributed by atoms with E-state index >= 15 is 0 Å². The molecule has 0 atom stereocenters. The maximum absolute atomic E-state index is 6.49. The Morgan fingerprint density at radius 1 is 0.377 bits per heavy atom. The first-order valence-corrected chi connectivity index (χ1v) is 18.3. The molecule has 0 unspecified atom stereocenters. The molecule has 10 aromatic rings. The highest BCUT2D eigenvalue weighted by Crippen LogP contribution is 2.45. The van der Waals surface area contributed by atoms with Crippen LogP contribution < -0.4 is 0 Å². The molecule has 53 heavy (non-hydrogen) atoms. The second-order valence-electron chi connectivity index (χ2n) is 12.8. The summed E-state index contributed by atoms with van der Waals surface area (Å²) in [7, 11) is 0. The van der Waals surface area contributed by atoms with Gasteiger partial charge in [0.1, 0.15) is 22.3 Å². The predicted molar refractivity (Wildman–Crippen MR) is 229 cm³/mol. The van der Waals surface area contributed by atoms with Crippen LogP contribution in [0.2, 0.25) is 0 Å². The van der Waals surface area contributed by atoms with E-state index in [2.05, 4.69) is 158 Å². The van der Waals surface area contributed by atoms with Crippen LogP contribution in [0.3, 0.4) is 0 Å². The first kappa shape index (κ1) is 33.5. The minimum Gasteiger partial charge on any atom is -0.456 e. The largest absolute Gasteiger partial charge is 0.456 e. The SMILES string of the molecule is C=C/C=C\C.CC.c1ccc(-c2ccc3oc4cc5c(cc4c3c2)oc2ccc(-c3c4ccccc4c(-c4ccccc4)c4ccccc34)cc25)cc1. The fourth-order valence-corrected chi connectivity index (χ4v) is 7.50. The van der Waals surface area contributed by atoms with Crippen LogP contribution in [0.25, 0.3) is 98.8 Å². The zero-order valence-corrected chi connectivity index (χ0v) is 30.3. The molecule has 0 aliphatic heterocycles. The lowest BCUT2D eigenvalue weighted by atomic mass is 9.86. The van der Waals surface area contributed by atoms with Crippen molar-refractivity contribution < 1.29 is 8.83 Å². The van der Waals surface area contributed by atoms with E-state index in [9.17, 15) is 0 Å². The van der Waals surface area contributed by atoms with Crippen LogP contribution in [0.1, 0.15) is 20.8 Å². The number of rotatable bonds is 4. The Labute approximate surface area is 309 Å². The highest BCUT2D eigenvalue weighted by molar-refractivity contribution is 6.22. The van der Waals surface area contributed by atoms with Crippen molar-refractivity contribution in [3.05, 3.63) is 183 Å². The summed E-state index contributed by atoms with van der Waals surface area (Å²) in [4.78, 5) is 0. The Hall–Kier alpha value is -6.64. The highest BCUT2D eigenvalue weighted by atomic mass is 16.3. The minimum absolute atomic E-state index is 0.863. The van der Waals surface area contributed by atoms with Gasteiger partial charge in [-0.15, -0.1) is 0 Å². The lowest BCUT2D eigenvalue weighted by molar-refractivity contribution is 0.664. The van der Waals surface area contributed by atoms with Gasteiger partial charge in [-0.25, -0.2) is 0 Å². The Morgan fingerprint density at radius 2 is 0.774 bits per heavy atom. The summed E-state index contributed by atoms with van der Waals surface area (Å²) < 4.78 is 12.9. The average molecular weight is 685 g/mol. The molecule has 0 saturated heterocycles. The van der Waals surface area contributed by atoms with Crippen molar-refractivity contribution in [3.8, 4) is 33.4 Å². The van der Waals surface area contributed by atoms with Gasteiger partial charge in [0, 0.05) is 21.5 Å². The molecule has 0 amide bonds. The number of benzene rings is 8. The van der Waals surface area contributed by atoms with Crippen LogP contribution >= 0.6 is 0 Å². The average Bonchev–Trinajstić information content (AvgIpc) is 3.77. The van der Waals surface area contributed by atoms with Crippen LogP contribution in [0, 0.1) is 0 Å². The van der Waals surface area contributed by atoms with Crippen molar-refractivity contribution >= 4 is 65.4 Å². The van der Waals surface area contributed by atoms with E-state index in [1.807, 2.05) is 39.0 Å². The first-order valence-electron chi connectivity index (χ1n) is 18.3. The molecule has 256 valence electrons. The van der Waals surface area contributed by atoms with Crippen LogP contribution in [0.4, 0.5) is 0 Å². The Bertz CT molecular complexity index is 2870. The summed E-state index contributed by atoms with van der Waals surface area (Å²) in [6.07, 6.45) is 5.58. The monoisotopic (exact) mass is 684 g/mol. The lowest BCUT2D eigenvalue weighted by Gasteiger charge is -2.17. The third kappa shape index (κ3) is 5.99. The van der Waals surface area contributed by atoms with Gasteiger partial charge < -0.3 is 8.83 Å². The Kier molecular flexibility index (Phi) is 9.19. The van der Waals surface area contributed by atoms with E-state index in [-0.39, 0.29) is 0 Å². The summed E-state index contributed by atoms with van der Waals surface area (Å²) in [5.41, 5.74) is 10.7. The normalized spacial score (nSPS) is 11.3. The molecule has 2 aromatic heterocycles. The van der Waals surface area contributed by atoms with Gasteiger partial charge in [-0.2, -0.15) is 0 Å². The topological polar surface area (TPSA) is 26.3 Å². The molecule has 2 heteroatoms. The van der Waals surface area contributed by atoms with Crippen molar-refractivity contribution in [2.24, 2.45) is 0 Å². The van der Waals surface area contributed by atoms with Crippen molar-refractivity contribution in [1.29, 1.82) is 0 Å². The minimum atomic E-state index is 0.863. The van der Waals surface area contributed by atoms with E-state index in [0.717, 1.165) is 43.9 Å². The zero-order chi connectivity index (χ0) is 36.3. The molecule has 0 bridgehead atoms. The van der Waals surface area contributed by atoms with Gasteiger partial charge >= 0.3 is 0 Å². The van der Waals surface area contributed by atoms with Gasteiger partial charge in [-0.05, 0) is 98.2 Å². The fourth-order valence-electron chi connectivity index (χ4n) is 7.50. The second-order valence-corrected chi connectivity index (χ2v) is 12.8. The van der Waals surface area contributed by atoms with Gasteiger partial charge in [0.25, 0.3) is 0 Å². The smallest absolute Gasteiger partial charge is 0.136 e. The van der Waals surface area contributed by atoms with Gasteiger partial charge in [0.05, 0.1) is 0 Å². The van der Waals surface area contributed by atoms with Gasteiger partial charge in [0.2, 0.25) is 0 Å². The summed E-state index contributed by atoms with van der Waals surface area (Å²) in [5.74, 6) is 0. The molecule has 0 saturated carbocycles. The molecule has 0 spiro atoms. The van der Waals surface area contributed by atoms with Gasteiger partial charge in [-0.3, -0.25) is 0 Å². The maximum atomic E-state index is 6.49. The van der Waals surface area contributed by atoms with Crippen LogP contribution in [0.5, 0.6) is 0 Å². The maximum Gasteiger partial charge on any atom is 0.136 e. The number of fused-ring (bicyclic) bond motifs is 8. The summed E-state index contributed by atoms with van der Waals surface area (Å²) >= 11 is 0. The Balaban J connectivity index is 0.000000531. The predicted octanol–water partition coefficient (Wildman–Crippen LogP) is 15.6. The van der Waals surface area contributed by atoms with Crippen LogP contribution in [-0.4, -0.2) is 0 Å². The van der Waals surface area contributed by atoms with E-state index in [4.69, 9.17) is 8.83 Å². The number of hydrogen-bond donors (Lipinski definition) is 0. The summed E-state index contributed by atoms with van der Waals surface area (Å²) in [6, 6.07) is 56.1. The molecule has 0 aliphatic rings. The third-order valence-corrected chi connectivity index (χ3v) is 9.78. The standard InChI is InChI=1S/C44H26O2.C5H8.C2H6/c1-3-11-27(12-4-1)29-19-21-39-35(23-29)37-25-42-38(26-41(37)45-39)36-24-30(20-22-40(36)46-42)44-33-17-9-7-15-31(33)43(28-13-5-2-6-14-28)32-16-8-10-18-34(32)44;1-3-5-4-2;1-2/h1-26H;3-5H,1H2,2H3;1-2H3/b;5-4-;. The summed E-state index contributed by atoms with van der Waals surface area (Å²) in [6.45, 7) is 9.42. The fraction of sp³-hybridized carbons (Fsp3) is 0.0588. The molecule has 0 radical (unpaired) electrons. The van der Waals surface area contributed by atoms with Crippen molar-refractivity contribution in [2.45, 2.75) is 20.8 Å². The third-order valence-electron chi connectivity index (χ3n) is 9.78. The molecule has 0 aliphatic carbocycles. The van der Waals surface area contributed by atoms with Gasteiger partial charge in [-0.1, -0.05) is 160 Å². The van der Waals surface area contributed by atoms with E-state index in [1.54, 1.807) is 6.08 Å². The number of allylic oxidation sites excluding steroid dienone is 3. The molecule has 2 nitrogen and oxygen atoms in total. The van der Waals surface area contributed by atoms with Gasteiger partial charge in [0.15, 0.2) is 0 Å². The zero-order valence-electron chi connectivity index (χ0n) is 30.3. The second kappa shape index (κ2) is 14.5. The van der Waals surface area contributed by atoms with E-state index in [0.29, 0.717) is 0 Å². The Morgan fingerprint density at radius 3 is 1.23 bits per heavy atom. The first-order chi connectivity index (χ1) is 26.2. The molecule has 8 aromatic carbocycles. The molecule has 2 heterocycles. The molecule has 0 fully saturated rings. The quantitative estimate of drug-likeness (QED) is 0.136.